The second-order valence-electron chi connectivity index (χ2n) is 4.89. The lowest BCUT2D eigenvalue weighted by molar-refractivity contribution is -0.162. The van der Waals surface area contributed by atoms with Gasteiger partial charge in [-0.1, -0.05) is 19.3 Å². The molecular weight excluding hydrogens is 208 g/mol. The molecule has 0 amide bonds. The highest BCUT2D eigenvalue weighted by molar-refractivity contribution is 7.80. The molecule has 0 aliphatic heterocycles. The molecule has 2 nitrogen and oxygen atoms in total. The zero-order valence-corrected chi connectivity index (χ0v) is 10.7. The highest BCUT2D eigenvalue weighted by Crippen LogP contribution is 2.34. The van der Waals surface area contributed by atoms with Crippen LogP contribution < -0.4 is 0 Å². The van der Waals surface area contributed by atoms with E-state index in [1.165, 1.54) is 32.1 Å². The third-order valence-corrected chi connectivity index (χ3v) is 3.50. The maximum Gasteiger partial charge on any atom is 0.307 e. The largest absolute Gasteiger partial charge is 0.459 e. The Morgan fingerprint density at radius 1 is 1.33 bits per heavy atom. The van der Waals surface area contributed by atoms with Crippen LogP contribution in [-0.2, 0) is 9.53 Å². The molecule has 0 N–H and O–H groups in total. The number of thiol groups is 1. The minimum absolute atomic E-state index is 0.111. The van der Waals surface area contributed by atoms with Crippen LogP contribution in [0.3, 0.4) is 0 Å². The summed E-state index contributed by atoms with van der Waals surface area (Å²) in [5, 5.41) is 0. The second kappa shape index (κ2) is 5.78. The van der Waals surface area contributed by atoms with Crippen molar-refractivity contribution in [1.82, 2.24) is 0 Å². The zero-order valence-electron chi connectivity index (χ0n) is 9.79. The predicted octanol–water partition coefficient (Wildman–Crippen LogP) is 3.21. The highest BCUT2D eigenvalue weighted by Gasteiger charge is 2.33. The van der Waals surface area contributed by atoms with Crippen molar-refractivity contribution in [3.63, 3.8) is 0 Å². The monoisotopic (exact) mass is 230 g/mol. The zero-order chi connectivity index (χ0) is 11.3. The minimum atomic E-state index is -0.291. The van der Waals surface area contributed by atoms with Crippen LogP contribution in [0.4, 0.5) is 0 Å². The molecule has 1 saturated carbocycles. The molecule has 1 rings (SSSR count). The summed E-state index contributed by atoms with van der Waals surface area (Å²) in [6.45, 7) is 4.08. The van der Waals surface area contributed by atoms with Crippen LogP contribution in [0.25, 0.3) is 0 Å². The summed E-state index contributed by atoms with van der Waals surface area (Å²) in [5.74, 6) is 0.996. The van der Waals surface area contributed by atoms with Crippen molar-refractivity contribution in [1.29, 1.82) is 0 Å². The molecule has 0 atom stereocenters. The first-order valence-corrected chi connectivity index (χ1v) is 6.52. The Morgan fingerprint density at radius 3 is 2.47 bits per heavy atom. The Labute approximate surface area is 98.2 Å². The number of hydrogen-bond acceptors (Lipinski definition) is 3. The van der Waals surface area contributed by atoms with E-state index in [0.29, 0.717) is 18.1 Å². The normalized spacial score (nSPS) is 18.9. The molecule has 0 aromatic carbocycles. The van der Waals surface area contributed by atoms with Gasteiger partial charge in [0.1, 0.15) is 5.60 Å². The lowest BCUT2D eigenvalue weighted by Gasteiger charge is -2.36. The Balaban J connectivity index is 2.45. The molecule has 0 saturated heterocycles. The lowest BCUT2D eigenvalue weighted by atomic mass is 9.79. The average molecular weight is 230 g/mol. The van der Waals surface area contributed by atoms with E-state index in [0.717, 1.165) is 0 Å². The van der Waals surface area contributed by atoms with Gasteiger partial charge in [-0.2, -0.15) is 12.6 Å². The Hall–Kier alpha value is -0.180. The molecule has 1 aliphatic rings. The highest BCUT2D eigenvalue weighted by atomic mass is 32.1. The van der Waals surface area contributed by atoms with Crippen LogP contribution in [0.15, 0.2) is 0 Å². The summed E-state index contributed by atoms with van der Waals surface area (Å²) in [6.07, 6.45) is 6.69. The van der Waals surface area contributed by atoms with Gasteiger partial charge in [0, 0.05) is 5.75 Å². The maximum atomic E-state index is 11.4. The first-order valence-electron chi connectivity index (χ1n) is 5.89. The molecule has 1 aliphatic carbocycles. The van der Waals surface area contributed by atoms with Crippen molar-refractivity contribution in [3.05, 3.63) is 0 Å². The Morgan fingerprint density at radius 2 is 1.93 bits per heavy atom. The van der Waals surface area contributed by atoms with Gasteiger partial charge in [-0.3, -0.25) is 4.79 Å². The number of carbonyl (C=O) groups is 1. The van der Waals surface area contributed by atoms with E-state index in [9.17, 15) is 4.79 Å². The number of rotatable bonds is 4. The van der Waals surface area contributed by atoms with Gasteiger partial charge in [-0.25, -0.2) is 0 Å². The molecule has 0 spiro atoms. The van der Waals surface area contributed by atoms with Crippen molar-refractivity contribution in [2.45, 2.75) is 58.0 Å². The van der Waals surface area contributed by atoms with E-state index in [4.69, 9.17) is 4.74 Å². The molecule has 1 fully saturated rings. The van der Waals surface area contributed by atoms with Crippen LogP contribution in [0, 0.1) is 5.92 Å². The fourth-order valence-corrected chi connectivity index (χ4v) is 2.50. The van der Waals surface area contributed by atoms with Gasteiger partial charge in [0.25, 0.3) is 0 Å². The van der Waals surface area contributed by atoms with Gasteiger partial charge in [-0.15, -0.1) is 0 Å². The number of hydrogen-bond donors (Lipinski definition) is 1. The van der Waals surface area contributed by atoms with Crippen molar-refractivity contribution in [2.24, 2.45) is 5.92 Å². The third-order valence-electron chi connectivity index (χ3n) is 3.28. The summed E-state index contributed by atoms with van der Waals surface area (Å²) in [7, 11) is 0. The van der Waals surface area contributed by atoms with Crippen LogP contribution >= 0.6 is 12.6 Å². The Bertz CT molecular complexity index is 208. The Kier molecular flexibility index (Phi) is 4.97. The SMILES string of the molecule is CC(C)(OC(=O)CCS)C1CCCCC1. The molecule has 0 aromatic rings. The molecule has 0 aromatic heterocycles. The van der Waals surface area contributed by atoms with E-state index in [1.807, 2.05) is 13.8 Å². The van der Waals surface area contributed by atoms with Crippen LogP contribution in [0.5, 0.6) is 0 Å². The molecular formula is C12H22O2S. The maximum absolute atomic E-state index is 11.4. The molecule has 0 unspecified atom stereocenters. The van der Waals surface area contributed by atoms with E-state index in [-0.39, 0.29) is 11.6 Å². The molecule has 0 heterocycles. The van der Waals surface area contributed by atoms with Gasteiger partial charge in [0.2, 0.25) is 0 Å². The van der Waals surface area contributed by atoms with Gasteiger partial charge in [0.15, 0.2) is 0 Å². The van der Waals surface area contributed by atoms with E-state index >= 15 is 0 Å². The van der Waals surface area contributed by atoms with Crippen molar-refractivity contribution in [2.75, 3.05) is 5.75 Å². The molecule has 0 radical (unpaired) electrons. The standard InChI is InChI=1S/C12H22O2S/c1-12(2,14-11(13)8-9-15)10-6-4-3-5-7-10/h10,15H,3-9H2,1-2H3. The van der Waals surface area contributed by atoms with E-state index in [1.54, 1.807) is 0 Å². The van der Waals surface area contributed by atoms with Gasteiger partial charge in [-0.05, 0) is 32.6 Å². The first-order chi connectivity index (χ1) is 7.06. The van der Waals surface area contributed by atoms with Gasteiger partial charge < -0.3 is 4.74 Å². The first kappa shape index (κ1) is 12.9. The van der Waals surface area contributed by atoms with E-state index in [2.05, 4.69) is 12.6 Å². The number of carbonyl (C=O) groups excluding carboxylic acids is 1. The van der Waals surface area contributed by atoms with Crippen molar-refractivity contribution < 1.29 is 9.53 Å². The fourth-order valence-electron chi connectivity index (χ4n) is 2.32. The number of esters is 1. The summed E-state index contributed by atoms with van der Waals surface area (Å²) >= 11 is 4.04. The molecule has 0 bridgehead atoms. The second-order valence-corrected chi connectivity index (χ2v) is 5.33. The topological polar surface area (TPSA) is 26.3 Å². The summed E-state index contributed by atoms with van der Waals surface area (Å²) in [4.78, 5) is 11.4. The summed E-state index contributed by atoms with van der Waals surface area (Å²) in [6, 6.07) is 0. The van der Waals surface area contributed by atoms with Crippen LogP contribution in [0.1, 0.15) is 52.4 Å². The fraction of sp³-hybridized carbons (Fsp3) is 0.917. The number of ether oxygens (including phenoxy) is 1. The van der Waals surface area contributed by atoms with Crippen molar-refractivity contribution in [3.8, 4) is 0 Å². The van der Waals surface area contributed by atoms with E-state index < -0.39 is 0 Å². The van der Waals surface area contributed by atoms with Crippen molar-refractivity contribution >= 4 is 18.6 Å². The van der Waals surface area contributed by atoms with Crippen LogP contribution in [0.2, 0.25) is 0 Å². The predicted molar refractivity (Wildman–Crippen MR) is 65.2 cm³/mol. The molecule has 15 heavy (non-hydrogen) atoms. The smallest absolute Gasteiger partial charge is 0.307 e. The third kappa shape index (κ3) is 4.06. The van der Waals surface area contributed by atoms with Gasteiger partial charge >= 0.3 is 5.97 Å². The van der Waals surface area contributed by atoms with Crippen LogP contribution in [-0.4, -0.2) is 17.3 Å². The molecule has 88 valence electrons. The summed E-state index contributed by atoms with van der Waals surface area (Å²) in [5.41, 5.74) is -0.291. The minimum Gasteiger partial charge on any atom is -0.459 e. The average Bonchev–Trinajstić information content (AvgIpc) is 2.18. The molecule has 3 heteroatoms. The quantitative estimate of drug-likeness (QED) is 0.593. The summed E-state index contributed by atoms with van der Waals surface area (Å²) < 4.78 is 5.53. The lowest BCUT2D eigenvalue weighted by Crippen LogP contribution is -2.37. The van der Waals surface area contributed by atoms with Gasteiger partial charge in [0.05, 0.1) is 6.42 Å².